The lowest BCUT2D eigenvalue weighted by atomic mass is 9.88. The first-order valence-electron chi connectivity index (χ1n) is 10.1. The number of nitrogens with zero attached hydrogens (tertiary/aromatic N) is 2. The van der Waals surface area contributed by atoms with Crippen LogP contribution in [-0.4, -0.2) is 73.0 Å². The Balaban J connectivity index is 1.72. The van der Waals surface area contributed by atoms with Gasteiger partial charge in [-0.15, -0.1) is 0 Å². The van der Waals surface area contributed by atoms with Gasteiger partial charge in [-0.2, -0.15) is 0 Å². The number of hydrogen-bond donors (Lipinski definition) is 1. The number of nitrogens with one attached hydrogen (secondary N) is 1. The van der Waals surface area contributed by atoms with Crippen molar-refractivity contribution in [1.29, 1.82) is 0 Å². The van der Waals surface area contributed by atoms with Gasteiger partial charge in [-0.25, -0.2) is 0 Å². The van der Waals surface area contributed by atoms with Crippen LogP contribution in [0.25, 0.3) is 0 Å². The number of rotatable bonds is 5. The highest BCUT2D eigenvalue weighted by molar-refractivity contribution is 5.97. The van der Waals surface area contributed by atoms with E-state index in [4.69, 9.17) is 4.74 Å². The molecule has 0 aliphatic carbocycles. The summed E-state index contributed by atoms with van der Waals surface area (Å²) in [5.41, 5.74) is 0.542. The quantitative estimate of drug-likeness (QED) is 0.826. The Morgan fingerprint density at radius 2 is 1.68 bits per heavy atom. The standard InChI is InChI=1S/C21H29N3O4/c1-2-18(25)23-10-8-16(9-11-23)19(21(27)24-12-14-28-15-13-24)22-20(26)17-6-4-3-5-7-17/h3-7,16,19H,2,8-15H2,1H3,(H,22,26)/t19-/m1/s1. The molecule has 1 N–H and O–H groups in total. The van der Waals surface area contributed by atoms with E-state index >= 15 is 0 Å². The molecule has 2 aliphatic rings. The fraction of sp³-hybridized carbons (Fsp3) is 0.571. The van der Waals surface area contributed by atoms with Crippen LogP contribution in [0.2, 0.25) is 0 Å². The third-order valence-corrected chi connectivity index (χ3v) is 5.58. The number of ether oxygens (including phenoxy) is 1. The van der Waals surface area contributed by atoms with E-state index in [1.807, 2.05) is 30.0 Å². The predicted octanol–water partition coefficient (Wildman–Crippen LogP) is 1.29. The lowest BCUT2D eigenvalue weighted by Crippen LogP contribution is -2.56. The van der Waals surface area contributed by atoms with Crippen molar-refractivity contribution in [2.24, 2.45) is 5.92 Å². The second kappa shape index (κ2) is 9.68. The molecule has 0 saturated carbocycles. The van der Waals surface area contributed by atoms with Crippen LogP contribution in [0, 0.1) is 5.92 Å². The minimum absolute atomic E-state index is 0.0175. The van der Waals surface area contributed by atoms with Crippen LogP contribution in [0.1, 0.15) is 36.5 Å². The molecule has 7 heteroatoms. The number of benzene rings is 1. The SMILES string of the molecule is CCC(=O)N1CCC([C@@H](NC(=O)c2ccccc2)C(=O)N2CCOCC2)CC1. The van der Waals surface area contributed by atoms with Crippen LogP contribution in [-0.2, 0) is 14.3 Å². The molecule has 3 rings (SSSR count). The van der Waals surface area contributed by atoms with Gasteiger partial charge >= 0.3 is 0 Å². The molecule has 1 aromatic carbocycles. The van der Waals surface area contributed by atoms with Gasteiger partial charge in [0.25, 0.3) is 5.91 Å². The lowest BCUT2D eigenvalue weighted by molar-refractivity contribution is -0.139. The molecule has 0 unspecified atom stereocenters. The Labute approximate surface area is 166 Å². The van der Waals surface area contributed by atoms with Gasteiger partial charge in [-0.1, -0.05) is 25.1 Å². The molecule has 28 heavy (non-hydrogen) atoms. The minimum Gasteiger partial charge on any atom is -0.378 e. The maximum Gasteiger partial charge on any atom is 0.251 e. The van der Waals surface area contributed by atoms with Crippen molar-refractivity contribution in [3.8, 4) is 0 Å². The van der Waals surface area contributed by atoms with Crippen LogP contribution < -0.4 is 5.32 Å². The lowest BCUT2D eigenvalue weighted by Gasteiger charge is -2.38. The summed E-state index contributed by atoms with van der Waals surface area (Å²) in [6.07, 6.45) is 1.91. The number of piperidine rings is 1. The molecular formula is C21H29N3O4. The number of hydrogen-bond acceptors (Lipinski definition) is 4. The van der Waals surface area contributed by atoms with Crippen LogP contribution in [0.15, 0.2) is 30.3 Å². The van der Waals surface area contributed by atoms with E-state index in [1.54, 1.807) is 17.0 Å². The van der Waals surface area contributed by atoms with Gasteiger partial charge in [-0.05, 0) is 30.9 Å². The molecule has 2 saturated heterocycles. The Morgan fingerprint density at radius 3 is 2.29 bits per heavy atom. The fourth-order valence-electron chi connectivity index (χ4n) is 3.88. The summed E-state index contributed by atoms with van der Waals surface area (Å²) >= 11 is 0. The Morgan fingerprint density at radius 1 is 1.04 bits per heavy atom. The Hall–Kier alpha value is -2.41. The zero-order valence-corrected chi connectivity index (χ0v) is 16.4. The van der Waals surface area contributed by atoms with Crippen molar-refractivity contribution in [3.05, 3.63) is 35.9 Å². The normalized spacial score (nSPS) is 19.2. The number of likely N-dealkylation sites (tertiary alicyclic amines) is 1. The monoisotopic (exact) mass is 387 g/mol. The van der Waals surface area contributed by atoms with Gasteiger partial charge < -0.3 is 19.9 Å². The van der Waals surface area contributed by atoms with E-state index in [1.165, 1.54) is 0 Å². The van der Waals surface area contributed by atoms with E-state index in [0.29, 0.717) is 64.2 Å². The number of morpholine rings is 1. The van der Waals surface area contributed by atoms with Crippen molar-refractivity contribution < 1.29 is 19.1 Å². The molecular weight excluding hydrogens is 358 g/mol. The molecule has 2 fully saturated rings. The first-order chi connectivity index (χ1) is 13.6. The highest BCUT2D eigenvalue weighted by Crippen LogP contribution is 2.23. The number of amides is 3. The first-order valence-corrected chi connectivity index (χ1v) is 10.1. The maximum absolute atomic E-state index is 13.2. The summed E-state index contributed by atoms with van der Waals surface area (Å²) in [6, 6.07) is 8.38. The van der Waals surface area contributed by atoms with Crippen LogP contribution in [0.4, 0.5) is 0 Å². The van der Waals surface area contributed by atoms with E-state index in [9.17, 15) is 14.4 Å². The topological polar surface area (TPSA) is 79.0 Å². The number of carbonyl (C=O) groups excluding carboxylic acids is 3. The zero-order chi connectivity index (χ0) is 19.9. The van der Waals surface area contributed by atoms with E-state index in [-0.39, 0.29) is 23.6 Å². The molecule has 1 aromatic rings. The zero-order valence-electron chi connectivity index (χ0n) is 16.4. The summed E-state index contributed by atoms with van der Waals surface area (Å²) in [4.78, 5) is 41.5. The highest BCUT2D eigenvalue weighted by Gasteiger charge is 2.36. The van der Waals surface area contributed by atoms with Crippen molar-refractivity contribution >= 4 is 17.7 Å². The minimum atomic E-state index is -0.579. The molecule has 1 atom stereocenters. The van der Waals surface area contributed by atoms with E-state index in [0.717, 1.165) is 0 Å². The molecule has 0 spiro atoms. The maximum atomic E-state index is 13.2. The van der Waals surface area contributed by atoms with Crippen molar-refractivity contribution in [3.63, 3.8) is 0 Å². The molecule has 0 aromatic heterocycles. The molecule has 2 heterocycles. The Kier molecular flexibility index (Phi) is 7.03. The average Bonchev–Trinajstić information content (AvgIpc) is 2.77. The smallest absolute Gasteiger partial charge is 0.251 e. The van der Waals surface area contributed by atoms with Gasteiger partial charge in [0.2, 0.25) is 11.8 Å². The van der Waals surface area contributed by atoms with Crippen molar-refractivity contribution in [2.75, 3.05) is 39.4 Å². The summed E-state index contributed by atoms with van der Waals surface area (Å²) < 4.78 is 5.35. The summed E-state index contributed by atoms with van der Waals surface area (Å²) in [5, 5.41) is 2.98. The van der Waals surface area contributed by atoms with Crippen LogP contribution in [0.3, 0.4) is 0 Å². The molecule has 7 nitrogen and oxygen atoms in total. The van der Waals surface area contributed by atoms with Gasteiger partial charge in [-0.3, -0.25) is 14.4 Å². The second-order valence-electron chi connectivity index (χ2n) is 7.33. The van der Waals surface area contributed by atoms with E-state index < -0.39 is 6.04 Å². The fourth-order valence-corrected chi connectivity index (χ4v) is 3.88. The number of carbonyl (C=O) groups is 3. The summed E-state index contributed by atoms with van der Waals surface area (Å²) in [5.74, 6) is -0.126. The molecule has 0 bridgehead atoms. The van der Waals surface area contributed by atoms with Gasteiger partial charge in [0.05, 0.1) is 13.2 Å². The summed E-state index contributed by atoms with van der Waals surface area (Å²) in [6.45, 7) is 5.26. The van der Waals surface area contributed by atoms with Gasteiger partial charge in [0, 0.05) is 38.2 Å². The average molecular weight is 387 g/mol. The molecule has 2 aliphatic heterocycles. The summed E-state index contributed by atoms with van der Waals surface area (Å²) in [7, 11) is 0. The van der Waals surface area contributed by atoms with Crippen molar-refractivity contribution in [1.82, 2.24) is 15.1 Å². The van der Waals surface area contributed by atoms with Crippen LogP contribution >= 0.6 is 0 Å². The van der Waals surface area contributed by atoms with Crippen molar-refractivity contribution in [2.45, 2.75) is 32.2 Å². The highest BCUT2D eigenvalue weighted by atomic mass is 16.5. The molecule has 0 radical (unpaired) electrons. The van der Waals surface area contributed by atoms with Gasteiger partial charge in [0.15, 0.2) is 0 Å². The molecule has 3 amide bonds. The first kappa shape index (κ1) is 20.3. The largest absolute Gasteiger partial charge is 0.378 e. The third-order valence-electron chi connectivity index (χ3n) is 5.58. The van der Waals surface area contributed by atoms with Gasteiger partial charge in [0.1, 0.15) is 6.04 Å². The second-order valence-corrected chi connectivity index (χ2v) is 7.33. The predicted molar refractivity (Wildman–Crippen MR) is 105 cm³/mol. The molecule has 152 valence electrons. The van der Waals surface area contributed by atoms with Crippen LogP contribution in [0.5, 0.6) is 0 Å². The van der Waals surface area contributed by atoms with E-state index in [2.05, 4.69) is 5.32 Å². The third kappa shape index (κ3) is 4.90. The Bertz CT molecular complexity index is 680.